The zero-order valence-electron chi connectivity index (χ0n) is 9.63. The molecular formula is C10H20N2O2S. The van der Waals surface area contributed by atoms with Gasteiger partial charge in [0.15, 0.2) is 0 Å². The number of carbonyl (C=O) groups excluding carboxylic acids is 2. The summed E-state index contributed by atoms with van der Waals surface area (Å²) in [6, 6.07) is -0.408. The van der Waals surface area contributed by atoms with E-state index in [-0.39, 0.29) is 11.8 Å². The number of hydrogen-bond acceptors (Lipinski definition) is 3. The Morgan fingerprint density at radius 3 is 2.53 bits per heavy atom. The van der Waals surface area contributed by atoms with Crippen LogP contribution in [0.15, 0.2) is 0 Å². The molecule has 0 rings (SSSR count). The fourth-order valence-electron chi connectivity index (χ4n) is 1.11. The molecule has 2 amide bonds. The molecule has 0 aromatic heterocycles. The van der Waals surface area contributed by atoms with E-state index in [4.69, 9.17) is 0 Å². The average Bonchev–Trinajstić information content (AvgIpc) is 2.17. The molecule has 0 spiro atoms. The van der Waals surface area contributed by atoms with Crippen molar-refractivity contribution >= 4 is 23.6 Å². The van der Waals surface area contributed by atoms with Gasteiger partial charge in [-0.05, 0) is 12.7 Å². The molecule has 2 N–H and O–H groups in total. The lowest BCUT2D eigenvalue weighted by Crippen LogP contribution is -2.47. The van der Waals surface area contributed by atoms with E-state index >= 15 is 0 Å². The second kappa shape index (κ2) is 8.59. The summed E-state index contributed by atoms with van der Waals surface area (Å²) >= 11 is 1.54. The molecule has 0 aromatic rings. The second-order valence-corrected chi connectivity index (χ2v) is 4.26. The summed E-state index contributed by atoms with van der Waals surface area (Å²) in [4.78, 5) is 22.5. The van der Waals surface area contributed by atoms with E-state index in [1.54, 1.807) is 11.8 Å². The van der Waals surface area contributed by atoms with E-state index in [9.17, 15) is 9.59 Å². The van der Waals surface area contributed by atoms with Crippen molar-refractivity contribution in [3.63, 3.8) is 0 Å². The summed E-state index contributed by atoms with van der Waals surface area (Å²) in [5.41, 5.74) is 0. The first-order valence-corrected chi connectivity index (χ1v) is 6.55. The van der Waals surface area contributed by atoms with Crippen molar-refractivity contribution in [2.45, 2.75) is 32.7 Å². The molecule has 0 saturated carbocycles. The van der Waals surface area contributed by atoms with Crippen molar-refractivity contribution in [2.75, 3.05) is 18.6 Å². The van der Waals surface area contributed by atoms with Crippen LogP contribution in [0.2, 0.25) is 0 Å². The molecule has 0 aliphatic carbocycles. The fourth-order valence-corrected chi connectivity index (χ4v) is 1.67. The normalized spacial score (nSPS) is 11.9. The van der Waals surface area contributed by atoms with Crippen LogP contribution in [-0.4, -0.2) is 36.4 Å². The molecule has 0 aromatic carbocycles. The molecule has 1 unspecified atom stereocenters. The number of thioether (sulfide) groups is 1. The van der Waals surface area contributed by atoms with Gasteiger partial charge < -0.3 is 10.6 Å². The Bertz CT molecular complexity index is 210. The van der Waals surface area contributed by atoms with E-state index in [1.165, 1.54) is 6.92 Å². The number of nitrogens with one attached hydrogen (secondary N) is 2. The summed E-state index contributed by atoms with van der Waals surface area (Å²) in [6.07, 6.45) is 3.93. The lowest BCUT2D eigenvalue weighted by Gasteiger charge is -2.16. The Labute approximate surface area is 95.6 Å². The van der Waals surface area contributed by atoms with Gasteiger partial charge in [0.1, 0.15) is 6.04 Å². The van der Waals surface area contributed by atoms with E-state index < -0.39 is 6.04 Å². The Morgan fingerprint density at radius 1 is 1.40 bits per heavy atom. The first-order valence-electron chi connectivity index (χ1n) is 5.15. The van der Waals surface area contributed by atoms with Crippen LogP contribution in [0.4, 0.5) is 0 Å². The molecule has 88 valence electrons. The Morgan fingerprint density at radius 2 is 2.07 bits per heavy atom. The molecule has 5 heteroatoms. The van der Waals surface area contributed by atoms with E-state index in [2.05, 4.69) is 17.6 Å². The molecular weight excluding hydrogens is 212 g/mol. The third kappa shape index (κ3) is 7.25. The smallest absolute Gasteiger partial charge is 0.243 e. The SMILES string of the molecule is CCCCNC(=O)C(CSC)NC(C)=O. The molecule has 0 bridgehead atoms. The van der Waals surface area contributed by atoms with Gasteiger partial charge in [-0.3, -0.25) is 9.59 Å². The lowest BCUT2D eigenvalue weighted by atomic mass is 10.3. The summed E-state index contributed by atoms with van der Waals surface area (Å²) in [5.74, 6) is 0.352. The number of rotatable bonds is 7. The van der Waals surface area contributed by atoms with Gasteiger partial charge >= 0.3 is 0 Å². The van der Waals surface area contributed by atoms with Crippen LogP contribution in [0, 0.1) is 0 Å². The highest BCUT2D eigenvalue weighted by Gasteiger charge is 2.17. The van der Waals surface area contributed by atoms with Crippen LogP contribution < -0.4 is 10.6 Å². The van der Waals surface area contributed by atoms with E-state index in [0.717, 1.165) is 12.8 Å². The molecule has 0 heterocycles. The van der Waals surface area contributed by atoms with Crippen molar-refractivity contribution in [3.05, 3.63) is 0 Å². The fraction of sp³-hybridized carbons (Fsp3) is 0.800. The van der Waals surface area contributed by atoms with Crippen molar-refractivity contribution in [1.82, 2.24) is 10.6 Å². The second-order valence-electron chi connectivity index (χ2n) is 3.35. The van der Waals surface area contributed by atoms with Crippen molar-refractivity contribution in [2.24, 2.45) is 0 Å². The first-order chi connectivity index (χ1) is 7.11. The molecule has 0 aliphatic rings. The van der Waals surface area contributed by atoms with Gasteiger partial charge in [-0.25, -0.2) is 0 Å². The minimum Gasteiger partial charge on any atom is -0.354 e. The summed E-state index contributed by atoms with van der Waals surface area (Å²) in [7, 11) is 0. The number of unbranched alkanes of at least 4 members (excludes halogenated alkanes) is 1. The van der Waals surface area contributed by atoms with Gasteiger partial charge in [-0.15, -0.1) is 0 Å². The zero-order chi connectivity index (χ0) is 11.7. The number of amides is 2. The summed E-state index contributed by atoms with van der Waals surface area (Å²) < 4.78 is 0. The van der Waals surface area contributed by atoms with Crippen LogP contribution >= 0.6 is 11.8 Å². The topological polar surface area (TPSA) is 58.2 Å². The summed E-state index contributed by atoms with van der Waals surface area (Å²) in [6.45, 7) is 4.17. The van der Waals surface area contributed by atoms with Crippen molar-refractivity contribution in [1.29, 1.82) is 0 Å². The van der Waals surface area contributed by atoms with Gasteiger partial charge in [-0.2, -0.15) is 11.8 Å². The Balaban J connectivity index is 3.98. The largest absolute Gasteiger partial charge is 0.354 e. The molecule has 0 saturated heterocycles. The zero-order valence-corrected chi connectivity index (χ0v) is 10.4. The van der Waals surface area contributed by atoms with E-state index in [0.29, 0.717) is 12.3 Å². The monoisotopic (exact) mass is 232 g/mol. The predicted molar refractivity (Wildman–Crippen MR) is 63.9 cm³/mol. The van der Waals surface area contributed by atoms with Gasteiger partial charge in [0.05, 0.1) is 0 Å². The van der Waals surface area contributed by atoms with Crippen LogP contribution in [-0.2, 0) is 9.59 Å². The molecule has 0 aliphatic heterocycles. The van der Waals surface area contributed by atoms with Crippen LogP contribution in [0.5, 0.6) is 0 Å². The quantitative estimate of drug-likeness (QED) is 0.637. The van der Waals surface area contributed by atoms with Crippen molar-refractivity contribution in [3.8, 4) is 0 Å². The van der Waals surface area contributed by atoms with Crippen LogP contribution in [0.25, 0.3) is 0 Å². The minimum atomic E-state index is -0.408. The summed E-state index contributed by atoms with van der Waals surface area (Å²) in [5, 5.41) is 5.44. The highest BCUT2D eigenvalue weighted by Crippen LogP contribution is 1.98. The third-order valence-corrected chi connectivity index (χ3v) is 2.52. The Kier molecular flexibility index (Phi) is 8.18. The van der Waals surface area contributed by atoms with Gasteiger partial charge in [-0.1, -0.05) is 13.3 Å². The molecule has 1 atom stereocenters. The maximum Gasteiger partial charge on any atom is 0.243 e. The standard InChI is InChI=1S/C10H20N2O2S/c1-4-5-6-11-10(14)9(7-15-3)12-8(2)13/h9H,4-7H2,1-3H3,(H,11,14)(H,12,13). The average molecular weight is 232 g/mol. The van der Waals surface area contributed by atoms with Crippen LogP contribution in [0.3, 0.4) is 0 Å². The molecule has 15 heavy (non-hydrogen) atoms. The van der Waals surface area contributed by atoms with Gasteiger partial charge in [0, 0.05) is 19.2 Å². The first kappa shape index (κ1) is 14.3. The minimum absolute atomic E-state index is 0.0898. The molecule has 0 fully saturated rings. The lowest BCUT2D eigenvalue weighted by molar-refractivity contribution is -0.127. The van der Waals surface area contributed by atoms with Gasteiger partial charge in [0.2, 0.25) is 11.8 Å². The molecule has 0 radical (unpaired) electrons. The predicted octanol–water partition coefficient (Wildman–Crippen LogP) is 0.770. The molecule has 4 nitrogen and oxygen atoms in total. The number of hydrogen-bond donors (Lipinski definition) is 2. The maximum absolute atomic E-state index is 11.6. The highest BCUT2D eigenvalue weighted by atomic mass is 32.2. The maximum atomic E-state index is 11.6. The van der Waals surface area contributed by atoms with Gasteiger partial charge in [0.25, 0.3) is 0 Å². The van der Waals surface area contributed by atoms with Crippen LogP contribution in [0.1, 0.15) is 26.7 Å². The highest BCUT2D eigenvalue weighted by molar-refractivity contribution is 7.98. The van der Waals surface area contributed by atoms with E-state index in [1.807, 2.05) is 6.26 Å². The number of carbonyl (C=O) groups is 2. The third-order valence-electron chi connectivity index (χ3n) is 1.86. The Hall–Kier alpha value is -0.710. The van der Waals surface area contributed by atoms with Crippen molar-refractivity contribution < 1.29 is 9.59 Å².